The summed E-state index contributed by atoms with van der Waals surface area (Å²) in [6.07, 6.45) is 0.324. The van der Waals surface area contributed by atoms with Gasteiger partial charge in [0.25, 0.3) is 17.7 Å². The molecule has 0 saturated heterocycles. The van der Waals surface area contributed by atoms with Crippen LogP contribution in [0.5, 0.6) is 0 Å². The minimum atomic E-state index is -0.526. The molecule has 1 aliphatic rings. The molecule has 7 nitrogen and oxygen atoms in total. The summed E-state index contributed by atoms with van der Waals surface area (Å²) in [5, 5.41) is 0. The van der Waals surface area contributed by atoms with E-state index in [0.717, 1.165) is 4.90 Å². The number of rotatable bonds is 7. The lowest BCUT2D eigenvalue weighted by molar-refractivity contribution is -0.152. The van der Waals surface area contributed by atoms with Gasteiger partial charge in [0.05, 0.1) is 11.1 Å². The Hall–Kier alpha value is -2.70. The second-order valence-corrected chi connectivity index (χ2v) is 6.17. The number of hydrogen-bond acceptors (Lipinski definition) is 5. The number of benzene rings is 1. The Morgan fingerprint density at radius 2 is 1.68 bits per heavy atom. The van der Waals surface area contributed by atoms with Crippen LogP contribution < -0.4 is 0 Å². The smallest absolute Gasteiger partial charge is 0.306 e. The number of carbonyl (C=O) groups excluding carboxylic acids is 4. The first-order chi connectivity index (χ1) is 11.8. The number of ether oxygens (including phenoxy) is 1. The first-order valence-electron chi connectivity index (χ1n) is 8.19. The average molecular weight is 346 g/mol. The third-order valence-corrected chi connectivity index (χ3v) is 4.17. The third-order valence-electron chi connectivity index (χ3n) is 4.17. The topological polar surface area (TPSA) is 84.0 Å². The molecule has 0 radical (unpaired) electrons. The molecule has 25 heavy (non-hydrogen) atoms. The van der Waals surface area contributed by atoms with Crippen LogP contribution in [0, 0.1) is 0 Å². The molecule has 0 bridgehead atoms. The van der Waals surface area contributed by atoms with E-state index in [1.165, 1.54) is 4.90 Å². The lowest BCUT2D eigenvalue weighted by atomic mass is 10.1. The van der Waals surface area contributed by atoms with E-state index in [4.69, 9.17) is 4.74 Å². The molecule has 2 rings (SSSR count). The molecule has 0 aromatic heterocycles. The minimum Gasteiger partial charge on any atom is -0.456 e. The quantitative estimate of drug-likeness (QED) is 0.551. The Bertz CT molecular complexity index is 663. The number of amides is 3. The van der Waals surface area contributed by atoms with Crippen molar-refractivity contribution in [3.8, 4) is 0 Å². The van der Waals surface area contributed by atoms with Gasteiger partial charge in [-0.15, -0.1) is 0 Å². The van der Waals surface area contributed by atoms with Crippen LogP contribution >= 0.6 is 0 Å². The van der Waals surface area contributed by atoms with Crippen LogP contribution in [0.2, 0.25) is 0 Å². The lowest BCUT2D eigenvalue weighted by Gasteiger charge is -2.21. The van der Waals surface area contributed by atoms with Crippen LogP contribution in [0.25, 0.3) is 0 Å². The van der Waals surface area contributed by atoms with Crippen LogP contribution in [-0.4, -0.2) is 59.7 Å². The standard InChI is InChI=1S/C18H22N2O5/c1-12(2)19(3)15(21)11-25-16(22)9-6-10-20-17(23)13-7-4-5-8-14(13)18(20)24/h4-5,7-8,12H,6,9-11H2,1-3H3. The molecule has 1 heterocycles. The number of carbonyl (C=O) groups is 4. The summed E-state index contributed by atoms with van der Waals surface area (Å²) in [7, 11) is 1.64. The van der Waals surface area contributed by atoms with E-state index >= 15 is 0 Å². The van der Waals surface area contributed by atoms with Gasteiger partial charge >= 0.3 is 5.97 Å². The first kappa shape index (κ1) is 18.6. The molecule has 7 heteroatoms. The number of imide groups is 1. The number of likely N-dealkylation sites (N-methyl/N-ethyl adjacent to an activating group) is 1. The van der Waals surface area contributed by atoms with Gasteiger partial charge in [0.1, 0.15) is 0 Å². The van der Waals surface area contributed by atoms with Crippen LogP contribution in [0.15, 0.2) is 24.3 Å². The van der Waals surface area contributed by atoms with Crippen molar-refractivity contribution in [2.75, 3.05) is 20.2 Å². The van der Waals surface area contributed by atoms with Crippen molar-refractivity contribution in [1.29, 1.82) is 0 Å². The van der Waals surface area contributed by atoms with Crippen LogP contribution in [-0.2, 0) is 14.3 Å². The van der Waals surface area contributed by atoms with Crippen molar-refractivity contribution in [2.24, 2.45) is 0 Å². The molecule has 0 fully saturated rings. The summed E-state index contributed by atoms with van der Waals surface area (Å²) in [5.41, 5.74) is 0.773. The van der Waals surface area contributed by atoms with E-state index in [9.17, 15) is 19.2 Å². The molecular formula is C18H22N2O5. The second kappa shape index (κ2) is 7.92. The van der Waals surface area contributed by atoms with Crippen LogP contribution in [0.3, 0.4) is 0 Å². The fourth-order valence-electron chi connectivity index (χ4n) is 2.43. The van der Waals surface area contributed by atoms with Gasteiger partial charge in [-0.1, -0.05) is 12.1 Å². The molecule has 1 aliphatic heterocycles. The van der Waals surface area contributed by atoms with Crippen molar-refractivity contribution < 1.29 is 23.9 Å². The second-order valence-electron chi connectivity index (χ2n) is 6.17. The molecule has 0 N–H and O–H groups in total. The molecule has 1 aromatic rings. The van der Waals surface area contributed by atoms with Crippen molar-refractivity contribution in [2.45, 2.75) is 32.7 Å². The van der Waals surface area contributed by atoms with Crippen molar-refractivity contribution >= 4 is 23.7 Å². The molecule has 1 aromatic carbocycles. The Labute approximate surface area is 146 Å². The fraction of sp³-hybridized carbons (Fsp3) is 0.444. The van der Waals surface area contributed by atoms with E-state index in [1.54, 1.807) is 31.3 Å². The summed E-state index contributed by atoms with van der Waals surface area (Å²) >= 11 is 0. The van der Waals surface area contributed by atoms with Gasteiger partial charge < -0.3 is 9.64 Å². The summed E-state index contributed by atoms with van der Waals surface area (Å²) in [6.45, 7) is 3.56. The SMILES string of the molecule is CC(C)N(C)C(=O)COC(=O)CCCN1C(=O)c2ccccc2C1=O. The van der Waals surface area contributed by atoms with E-state index in [1.807, 2.05) is 13.8 Å². The lowest BCUT2D eigenvalue weighted by Crippen LogP contribution is -2.36. The number of fused-ring (bicyclic) bond motifs is 1. The third kappa shape index (κ3) is 4.23. The zero-order valence-electron chi connectivity index (χ0n) is 14.7. The molecule has 0 saturated carbocycles. The number of esters is 1. The van der Waals surface area contributed by atoms with Crippen LogP contribution in [0.1, 0.15) is 47.4 Å². The predicted molar refractivity (Wildman–Crippen MR) is 89.9 cm³/mol. The Morgan fingerprint density at radius 3 is 2.20 bits per heavy atom. The summed E-state index contributed by atoms with van der Waals surface area (Å²) < 4.78 is 4.94. The summed E-state index contributed by atoms with van der Waals surface area (Å²) in [5.74, 6) is -1.49. The maximum atomic E-state index is 12.2. The largest absolute Gasteiger partial charge is 0.456 e. The maximum absolute atomic E-state index is 12.2. The number of nitrogens with zero attached hydrogens (tertiary/aromatic N) is 2. The predicted octanol–water partition coefficient (Wildman–Crippen LogP) is 1.47. The van der Waals surface area contributed by atoms with Gasteiger partial charge in [-0.2, -0.15) is 0 Å². The maximum Gasteiger partial charge on any atom is 0.306 e. The molecule has 134 valence electrons. The monoisotopic (exact) mass is 346 g/mol. The van der Waals surface area contributed by atoms with Crippen molar-refractivity contribution in [3.05, 3.63) is 35.4 Å². The van der Waals surface area contributed by atoms with E-state index < -0.39 is 5.97 Å². The summed E-state index contributed by atoms with van der Waals surface area (Å²) in [6, 6.07) is 6.66. The minimum absolute atomic E-state index is 0.0278. The average Bonchev–Trinajstić information content (AvgIpc) is 2.84. The van der Waals surface area contributed by atoms with Gasteiger partial charge in [0.2, 0.25) is 0 Å². The fourth-order valence-corrected chi connectivity index (χ4v) is 2.43. The van der Waals surface area contributed by atoms with Crippen molar-refractivity contribution in [3.63, 3.8) is 0 Å². The van der Waals surface area contributed by atoms with Gasteiger partial charge in [-0.25, -0.2) is 0 Å². The molecule has 0 atom stereocenters. The van der Waals surface area contributed by atoms with Gasteiger partial charge in [0.15, 0.2) is 6.61 Å². The van der Waals surface area contributed by atoms with Crippen molar-refractivity contribution in [1.82, 2.24) is 9.80 Å². The Kier molecular flexibility index (Phi) is 5.90. The summed E-state index contributed by atoms with van der Waals surface area (Å²) in [4.78, 5) is 50.4. The first-order valence-corrected chi connectivity index (χ1v) is 8.19. The Morgan fingerprint density at radius 1 is 1.12 bits per heavy atom. The van der Waals surface area contributed by atoms with E-state index in [0.29, 0.717) is 17.5 Å². The highest BCUT2D eigenvalue weighted by Crippen LogP contribution is 2.22. The Balaban J connectivity index is 1.76. The van der Waals surface area contributed by atoms with Gasteiger partial charge in [-0.05, 0) is 32.4 Å². The van der Waals surface area contributed by atoms with E-state index in [-0.39, 0.29) is 43.3 Å². The molecule has 0 aliphatic carbocycles. The van der Waals surface area contributed by atoms with Gasteiger partial charge in [0, 0.05) is 26.1 Å². The zero-order chi connectivity index (χ0) is 18.6. The van der Waals surface area contributed by atoms with E-state index in [2.05, 4.69) is 0 Å². The highest BCUT2D eigenvalue weighted by molar-refractivity contribution is 6.21. The molecule has 0 unspecified atom stereocenters. The van der Waals surface area contributed by atoms with Crippen LogP contribution in [0.4, 0.5) is 0 Å². The molecular weight excluding hydrogens is 324 g/mol. The highest BCUT2D eigenvalue weighted by atomic mass is 16.5. The molecule has 3 amide bonds. The molecule has 0 spiro atoms. The number of hydrogen-bond donors (Lipinski definition) is 0. The zero-order valence-corrected chi connectivity index (χ0v) is 14.7. The van der Waals surface area contributed by atoms with Gasteiger partial charge in [-0.3, -0.25) is 24.1 Å². The highest BCUT2D eigenvalue weighted by Gasteiger charge is 2.34. The normalized spacial score (nSPS) is 13.2.